The maximum atomic E-state index is 2.63. The second-order valence-electron chi connectivity index (χ2n) is 7.72. The molecule has 0 N–H and O–H groups in total. The molecule has 5 fully saturated rings. The molecule has 5 saturated carbocycles. The smallest absolute Gasteiger partial charge is 0.0505 e. The summed E-state index contributed by atoms with van der Waals surface area (Å²) in [7, 11) is -0.895. The lowest BCUT2D eigenvalue weighted by molar-refractivity contribution is 0.134. The molecule has 5 aliphatic carbocycles. The first-order valence-electron chi connectivity index (χ1n) is 6.52. The van der Waals surface area contributed by atoms with E-state index in [1.54, 1.807) is 25.7 Å². The molecular formula is C13H22Si. The van der Waals surface area contributed by atoms with Crippen LogP contribution in [0.15, 0.2) is 0 Å². The van der Waals surface area contributed by atoms with Crippen molar-refractivity contribution < 1.29 is 0 Å². The topological polar surface area (TPSA) is 0 Å². The third-order valence-corrected chi connectivity index (χ3v) is 10.3. The molecule has 4 bridgehead atoms. The zero-order valence-corrected chi connectivity index (χ0v) is 10.7. The maximum Gasteiger partial charge on any atom is 0.0505 e. The van der Waals surface area contributed by atoms with Crippen LogP contribution in [0.1, 0.15) is 25.7 Å². The quantitative estimate of drug-likeness (QED) is 0.573. The van der Waals surface area contributed by atoms with Gasteiger partial charge in [0.2, 0.25) is 0 Å². The Hall–Kier alpha value is 0.217. The monoisotopic (exact) mass is 206 g/mol. The van der Waals surface area contributed by atoms with Crippen LogP contribution in [0.25, 0.3) is 0 Å². The van der Waals surface area contributed by atoms with Crippen LogP contribution >= 0.6 is 0 Å². The predicted molar refractivity (Wildman–Crippen MR) is 62.0 cm³/mol. The molecule has 5 rings (SSSR count). The van der Waals surface area contributed by atoms with Crippen LogP contribution in [0.4, 0.5) is 0 Å². The van der Waals surface area contributed by atoms with E-state index in [0.717, 1.165) is 5.04 Å². The van der Waals surface area contributed by atoms with Crippen molar-refractivity contribution in [3.63, 3.8) is 0 Å². The summed E-state index contributed by atoms with van der Waals surface area (Å²) in [6, 6.07) is 0. The highest BCUT2D eigenvalue weighted by molar-refractivity contribution is 6.79. The van der Waals surface area contributed by atoms with Crippen molar-refractivity contribution in [3.05, 3.63) is 0 Å². The van der Waals surface area contributed by atoms with Gasteiger partial charge in [0.15, 0.2) is 0 Å². The summed E-state index contributed by atoms with van der Waals surface area (Å²) >= 11 is 0. The lowest BCUT2D eigenvalue weighted by Crippen LogP contribution is -2.48. The minimum Gasteiger partial charge on any atom is -0.0691 e. The van der Waals surface area contributed by atoms with E-state index in [9.17, 15) is 0 Å². The Balaban J connectivity index is 1.78. The fourth-order valence-electron chi connectivity index (χ4n) is 5.79. The van der Waals surface area contributed by atoms with Crippen LogP contribution in [0.2, 0.25) is 24.7 Å². The molecular weight excluding hydrogens is 184 g/mol. The van der Waals surface area contributed by atoms with Gasteiger partial charge in [0.05, 0.1) is 8.07 Å². The van der Waals surface area contributed by atoms with Crippen LogP contribution in [-0.4, -0.2) is 8.07 Å². The van der Waals surface area contributed by atoms with Gasteiger partial charge in [-0.25, -0.2) is 0 Å². The van der Waals surface area contributed by atoms with E-state index in [-0.39, 0.29) is 0 Å². The normalized spacial score (nSPS) is 63.2. The van der Waals surface area contributed by atoms with E-state index < -0.39 is 8.07 Å². The maximum absolute atomic E-state index is 2.63. The van der Waals surface area contributed by atoms with Crippen molar-refractivity contribution in [2.75, 3.05) is 0 Å². The molecule has 0 aliphatic heterocycles. The average molecular weight is 206 g/mol. The second kappa shape index (κ2) is 2.02. The highest BCUT2D eigenvalue weighted by Gasteiger charge is 2.73. The molecule has 4 unspecified atom stereocenters. The molecule has 0 spiro atoms. The summed E-state index contributed by atoms with van der Waals surface area (Å²) in [6.45, 7) is 7.90. The van der Waals surface area contributed by atoms with Crippen molar-refractivity contribution in [1.29, 1.82) is 0 Å². The van der Waals surface area contributed by atoms with E-state index in [0.29, 0.717) is 0 Å². The van der Waals surface area contributed by atoms with Crippen molar-refractivity contribution in [2.45, 2.75) is 50.4 Å². The molecule has 0 amide bonds. The van der Waals surface area contributed by atoms with Crippen LogP contribution in [0.3, 0.4) is 0 Å². The lowest BCUT2D eigenvalue weighted by Gasteiger charge is -2.55. The van der Waals surface area contributed by atoms with E-state index in [1.165, 1.54) is 29.6 Å². The number of hydrogen-bond acceptors (Lipinski definition) is 0. The van der Waals surface area contributed by atoms with E-state index in [2.05, 4.69) is 19.6 Å². The van der Waals surface area contributed by atoms with Crippen LogP contribution in [0.5, 0.6) is 0 Å². The van der Waals surface area contributed by atoms with Crippen molar-refractivity contribution in [2.24, 2.45) is 29.6 Å². The van der Waals surface area contributed by atoms with Gasteiger partial charge in [-0.2, -0.15) is 0 Å². The molecule has 0 aromatic carbocycles. The molecule has 0 heterocycles. The van der Waals surface area contributed by atoms with Gasteiger partial charge in [0.25, 0.3) is 0 Å². The zero-order valence-electron chi connectivity index (χ0n) is 9.72. The van der Waals surface area contributed by atoms with Crippen LogP contribution in [-0.2, 0) is 0 Å². The minimum atomic E-state index is -0.895. The highest BCUT2D eigenvalue weighted by Crippen LogP contribution is 2.81. The largest absolute Gasteiger partial charge is 0.0691 e. The molecule has 0 aromatic rings. The standard InChI is InChI=1S/C13H22Si/c1-14(2,3)13-5-8-4-9(6-13)12-10(7-13)11(8)12/h8-12H,4-7H2,1-3H3/t8-,9+,10?,11?,12?,13?. The minimum absolute atomic E-state index is 0.895. The van der Waals surface area contributed by atoms with Gasteiger partial charge in [-0.05, 0) is 60.3 Å². The van der Waals surface area contributed by atoms with Crippen molar-refractivity contribution in [1.82, 2.24) is 0 Å². The SMILES string of the molecule is C[Si](C)(C)C12CC3C4C3[C@@H](C[C@@H]4C1)C2. The summed E-state index contributed by atoms with van der Waals surface area (Å²) in [5, 5.41) is 0.898. The molecule has 0 nitrogen and oxygen atoms in total. The summed E-state index contributed by atoms with van der Waals surface area (Å²) in [5.74, 6) is 6.11. The Kier molecular flexibility index (Phi) is 1.21. The summed E-state index contributed by atoms with van der Waals surface area (Å²) < 4.78 is 0. The second-order valence-corrected chi connectivity index (χ2v) is 13.3. The van der Waals surface area contributed by atoms with Crippen LogP contribution < -0.4 is 0 Å². The molecule has 5 aliphatic rings. The van der Waals surface area contributed by atoms with Crippen molar-refractivity contribution in [3.8, 4) is 0 Å². The molecule has 0 saturated heterocycles. The summed E-state index contributed by atoms with van der Waals surface area (Å²) in [5.41, 5.74) is 0. The first-order chi connectivity index (χ1) is 6.52. The first kappa shape index (κ1) is 8.38. The Labute approximate surface area is 88.5 Å². The van der Waals surface area contributed by atoms with Gasteiger partial charge in [-0.15, -0.1) is 0 Å². The zero-order chi connectivity index (χ0) is 9.72. The molecule has 78 valence electrons. The lowest BCUT2D eigenvalue weighted by atomic mass is 9.67. The third kappa shape index (κ3) is 0.720. The molecule has 6 atom stereocenters. The number of rotatable bonds is 1. The molecule has 0 aromatic heterocycles. The van der Waals surface area contributed by atoms with Gasteiger partial charge in [0, 0.05) is 0 Å². The van der Waals surface area contributed by atoms with Gasteiger partial charge in [0.1, 0.15) is 0 Å². The van der Waals surface area contributed by atoms with E-state index in [1.807, 2.05) is 0 Å². The predicted octanol–water partition coefficient (Wildman–Crippen LogP) is 3.76. The number of hydrogen-bond donors (Lipinski definition) is 0. The third-order valence-electron chi connectivity index (χ3n) is 6.51. The molecule has 0 radical (unpaired) electrons. The Morgan fingerprint density at radius 1 is 0.929 bits per heavy atom. The van der Waals surface area contributed by atoms with Crippen LogP contribution in [0, 0.1) is 29.6 Å². The Morgan fingerprint density at radius 3 is 1.93 bits per heavy atom. The van der Waals surface area contributed by atoms with E-state index in [4.69, 9.17) is 0 Å². The van der Waals surface area contributed by atoms with Gasteiger partial charge in [-0.3, -0.25) is 0 Å². The molecule has 14 heavy (non-hydrogen) atoms. The fraction of sp³-hybridized carbons (Fsp3) is 1.00. The van der Waals surface area contributed by atoms with Crippen molar-refractivity contribution >= 4 is 8.07 Å². The van der Waals surface area contributed by atoms with Gasteiger partial charge < -0.3 is 0 Å². The summed E-state index contributed by atoms with van der Waals surface area (Å²) in [6.07, 6.45) is 6.59. The first-order valence-corrected chi connectivity index (χ1v) is 10.0. The average Bonchev–Trinajstić information content (AvgIpc) is 2.69. The molecule has 1 heteroatoms. The van der Waals surface area contributed by atoms with Gasteiger partial charge >= 0.3 is 0 Å². The Morgan fingerprint density at radius 2 is 1.50 bits per heavy atom. The van der Waals surface area contributed by atoms with E-state index >= 15 is 0 Å². The highest BCUT2D eigenvalue weighted by atomic mass is 28.3. The van der Waals surface area contributed by atoms with Gasteiger partial charge in [-0.1, -0.05) is 19.6 Å². The fourth-order valence-corrected chi connectivity index (χ4v) is 8.39. The summed E-state index contributed by atoms with van der Waals surface area (Å²) in [4.78, 5) is 0. The Bertz CT molecular complexity index is 283.